The standard InChI is InChI=1S/C18H18N4O4/c1-13(2)18(23)26-12-21(3)16-8-4-14(5-9-16)19-20-15-6-10-17(11-7-15)22(24)25/h4-11H,1,12H2,2-3H3. The SMILES string of the molecule is C=C(C)C(=O)OCN(C)c1ccc(N=Nc2ccc([N+](=O)[O-])cc2)cc1. The molecule has 8 heteroatoms. The monoisotopic (exact) mass is 354 g/mol. The molecule has 0 aliphatic heterocycles. The van der Waals surface area contributed by atoms with E-state index >= 15 is 0 Å². The molecule has 0 amide bonds. The van der Waals surface area contributed by atoms with Crippen LogP contribution in [0, 0.1) is 10.1 Å². The van der Waals surface area contributed by atoms with E-state index in [-0.39, 0.29) is 12.4 Å². The van der Waals surface area contributed by atoms with Crippen LogP contribution >= 0.6 is 0 Å². The molecule has 0 aromatic heterocycles. The van der Waals surface area contributed by atoms with Crippen molar-refractivity contribution in [3.63, 3.8) is 0 Å². The van der Waals surface area contributed by atoms with Gasteiger partial charge in [-0.15, -0.1) is 0 Å². The highest BCUT2D eigenvalue weighted by Crippen LogP contribution is 2.23. The molecule has 0 saturated carbocycles. The topological polar surface area (TPSA) is 97.4 Å². The van der Waals surface area contributed by atoms with Gasteiger partial charge in [-0.05, 0) is 43.3 Å². The van der Waals surface area contributed by atoms with E-state index in [9.17, 15) is 14.9 Å². The molecule has 0 N–H and O–H groups in total. The molecule has 0 atom stereocenters. The number of carbonyl (C=O) groups excluding carboxylic acids is 1. The number of anilines is 1. The van der Waals surface area contributed by atoms with Crippen molar-refractivity contribution in [1.29, 1.82) is 0 Å². The van der Waals surface area contributed by atoms with Crippen LogP contribution in [-0.2, 0) is 9.53 Å². The van der Waals surface area contributed by atoms with E-state index in [1.165, 1.54) is 24.3 Å². The van der Waals surface area contributed by atoms with Gasteiger partial charge in [0, 0.05) is 30.4 Å². The Morgan fingerprint density at radius 1 is 1.12 bits per heavy atom. The van der Waals surface area contributed by atoms with Crippen LogP contribution in [0.4, 0.5) is 22.7 Å². The summed E-state index contributed by atoms with van der Waals surface area (Å²) in [5.41, 5.74) is 2.33. The second-order valence-corrected chi connectivity index (χ2v) is 5.53. The van der Waals surface area contributed by atoms with Crippen molar-refractivity contribution in [2.75, 3.05) is 18.7 Å². The van der Waals surface area contributed by atoms with Gasteiger partial charge in [-0.1, -0.05) is 6.58 Å². The van der Waals surface area contributed by atoms with Gasteiger partial charge in [-0.25, -0.2) is 4.79 Å². The summed E-state index contributed by atoms with van der Waals surface area (Å²) in [4.78, 5) is 23.3. The van der Waals surface area contributed by atoms with Gasteiger partial charge in [-0.2, -0.15) is 10.2 Å². The van der Waals surface area contributed by atoms with Gasteiger partial charge >= 0.3 is 5.97 Å². The van der Waals surface area contributed by atoms with Gasteiger partial charge in [0.25, 0.3) is 5.69 Å². The van der Waals surface area contributed by atoms with Crippen molar-refractivity contribution in [3.05, 3.63) is 70.8 Å². The largest absolute Gasteiger partial charge is 0.441 e. The first-order valence-corrected chi connectivity index (χ1v) is 7.67. The lowest BCUT2D eigenvalue weighted by atomic mass is 10.3. The first-order valence-electron chi connectivity index (χ1n) is 7.67. The van der Waals surface area contributed by atoms with Gasteiger partial charge in [0.1, 0.15) is 0 Å². The van der Waals surface area contributed by atoms with Gasteiger partial charge in [0.2, 0.25) is 0 Å². The quantitative estimate of drug-likeness (QED) is 0.182. The smallest absolute Gasteiger partial charge is 0.334 e. The molecule has 0 saturated heterocycles. The third kappa shape index (κ3) is 5.23. The fourth-order valence-electron chi connectivity index (χ4n) is 1.88. The number of nitrogens with zero attached hydrogens (tertiary/aromatic N) is 4. The van der Waals surface area contributed by atoms with Crippen molar-refractivity contribution < 1.29 is 14.5 Å². The van der Waals surface area contributed by atoms with Crippen molar-refractivity contribution in [2.45, 2.75) is 6.92 Å². The Balaban J connectivity index is 1.97. The summed E-state index contributed by atoms with van der Waals surface area (Å²) < 4.78 is 5.08. The molecule has 0 aliphatic rings. The van der Waals surface area contributed by atoms with Crippen LogP contribution in [0.5, 0.6) is 0 Å². The second kappa shape index (κ2) is 8.52. The zero-order chi connectivity index (χ0) is 19.1. The van der Waals surface area contributed by atoms with Gasteiger partial charge in [0.05, 0.1) is 16.3 Å². The fraction of sp³-hybridized carbons (Fsp3) is 0.167. The lowest BCUT2D eigenvalue weighted by Crippen LogP contribution is -2.23. The lowest BCUT2D eigenvalue weighted by molar-refractivity contribution is -0.384. The summed E-state index contributed by atoms with van der Waals surface area (Å²) >= 11 is 0. The van der Waals surface area contributed by atoms with Crippen LogP contribution in [0.25, 0.3) is 0 Å². The van der Waals surface area contributed by atoms with E-state index in [0.717, 1.165) is 5.69 Å². The van der Waals surface area contributed by atoms with Crippen LogP contribution in [0.1, 0.15) is 6.92 Å². The molecule has 0 bridgehead atoms. The van der Waals surface area contributed by atoms with Crippen molar-refractivity contribution in [2.24, 2.45) is 10.2 Å². The van der Waals surface area contributed by atoms with E-state index in [1.54, 1.807) is 31.0 Å². The zero-order valence-corrected chi connectivity index (χ0v) is 14.5. The molecule has 0 aliphatic carbocycles. The Labute approximate surface area is 150 Å². The molecule has 0 radical (unpaired) electrons. The normalized spacial score (nSPS) is 10.5. The number of hydrogen-bond donors (Lipinski definition) is 0. The van der Waals surface area contributed by atoms with Crippen LogP contribution in [0.2, 0.25) is 0 Å². The average molecular weight is 354 g/mol. The van der Waals surface area contributed by atoms with Crippen LogP contribution in [0.15, 0.2) is 70.9 Å². The number of carbonyl (C=O) groups is 1. The Morgan fingerprint density at radius 2 is 1.62 bits per heavy atom. The van der Waals surface area contributed by atoms with E-state index in [0.29, 0.717) is 16.9 Å². The number of non-ortho nitro benzene ring substituents is 1. The minimum Gasteiger partial charge on any atom is -0.441 e. The summed E-state index contributed by atoms with van der Waals surface area (Å²) in [6.07, 6.45) is 0. The molecule has 2 aromatic rings. The molecule has 0 unspecified atom stereocenters. The average Bonchev–Trinajstić information content (AvgIpc) is 2.64. The molecular weight excluding hydrogens is 336 g/mol. The Morgan fingerprint density at radius 3 is 2.08 bits per heavy atom. The van der Waals surface area contributed by atoms with E-state index in [1.807, 2.05) is 12.1 Å². The molecule has 2 rings (SSSR count). The Kier molecular flexibility index (Phi) is 6.15. The Bertz CT molecular complexity index is 829. The maximum absolute atomic E-state index is 11.4. The summed E-state index contributed by atoms with van der Waals surface area (Å²) in [5, 5.41) is 18.7. The lowest BCUT2D eigenvalue weighted by Gasteiger charge is -2.19. The van der Waals surface area contributed by atoms with Gasteiger partial charge in [0.15, 0.2) is 6.73 Å². The number of azo groups is 1. The van der Waals surface area contributed by atoms with E-state index in [4.69, 9.17) is 4.74 Å². The molecule has 2 aromatic carbocycles. The number of ether oxygens (including phenoxy) is 1. The fourth-order valence-corrected chi connectivity index (χ4v) is 1.88. The third-order valence-electron chi connectivity index (χ3n) is 3.37. The second-order valence-electron chi connectivity index (χ2n) is 5.53. The molecular formula is C18H18N4O4. The molecule has 134 valence electrons. The minimum atomic E-state index is -0.468. The van der Waals surface area contributed by atoms with Gasteiger partial charge in [-0.3, -0.25) is 10.1 Å². The van der Waals surface area contributed by atoms with Crippen molar-refractivity contribution in [1.82, 2.24) is 0 Å². The number of esters is 1. The summed E-state index contributed by atoms with van der Waals surface area (Å²) in [6.45, 7) is 5.22. The highest BCUT2D eigenvalue weighted by atomic mass is 16.6. The minimum absolute atomic E-state index is 0.00342. The summed E-state index contributed by atoms with van der Waals surface area (Å²) in [7, 11) is 1.79. The maximum atomic E-state index is 11.4. The predicted molar refractivity (Wildman–Crippen MR) is 97.9 cm³/mol. The van der Waals surface area contributed by atoms with Crippen molar-refractivity contribution >= 4 is 28.7 Å². The van der Waals surface area contributed by atoms with Crippen LogP contribution in [-0.4, -0.2) is 24.7 Å². The summed E-state index contributed by atoms with van der Waals surface area (Å²) in [5.74, 6) is -0.439. The summed E-state index contributed by atoms with van der Waals surface area (Å²) in [6, 6.07) is 13.0. The number of benzene rings is 2. The first kappa shape index (κ1) is 18.8. The molecule has 8 nitrogen and oxygen atoms in total. The number of nitro groups is 1. The van der Waals surface area contributed by atoms with Gasteiger partial charge < -0.3 is 9.64 Å². The molecule has 0 spiro atoms. The number of rotatable bonds is 7. The maximum Gasteiger partial charge on any atom is 0.334 e. The van der Waals surface area contributed by atoms with Crippen LogP contribution in [0.3, 0.4) is 0 Å². The van der Waals surface area contributed by atoms with Crippen LogP contribution < -0.4 is 4.90 Å². The molecule has 26 heavy (non-hydrogen) atoms. The number of nitro benzene ring substituents is 1. The highest BCUT2D eigenvalue weighted by molar-refractivity contribution is 5.87. The number of hydrogen-bond acceptors (Lipinski definition) is 7. The predicted octanol–water partition coefficient (Wildman–Crippen LogP) is 4.52. The van der Waals surface area contributed by atoms with E-state index < -0.39 is 10.9 Å². The zero-order valence-electron chi connectivity index (χ0n) is 14.5. The first-order chi connectivity index (χ1) is 12.4. The van der Waals surface area contributed by atoms with Crippen molar-refractivity contribution in [3.8, 4) is 0 Å². The highest BCUT2D eigenvalue weighted by Gasteiger charge is 2.07. The Hall–Kier alpha value is -3.55. The third-order valence-corrected chi connectivity index (χ3v) is 3.37. The van der Waals surface area contributed by atoms with E-state index in [2.05, 4.69) is 16.8 Å². The molecule has 0 heterocycles. The molecule has 0 fully saturated rings.